The average Bonchev–Trinajstić information content (AvgIpc) is 3.43. The summed E-state index contributed by atoms with van der Waals surface area (Å²) < 4.78 is 2.20. The Bertz CT molecular complexity index is 1590. The number of carbonyl (C=O) groups is 1. The van der Waals surface area contributed by atoms with Gasteiger partial charge in [-0.3, -0.25) is 10.2 Å². The maximum atomic E-state index is 12.8. The van der Waals surface area contributed by atoms with Gasteiger partial charge in [0.2, 0.25) is 5.17 Å². The van der Waals surface area contributed by atoms with Gasteiger partial charge in [0.15, 0.2) is 5.84 Å². The van der Waals surface area contributed by atoms with Gasteiger partial charge in [-0.1, -0.05) is 67.6 Å². The van der Waals surface area contributed by atoms with E-state index < -0.39 is 5.91 Å². The van der Waals surface area contributed by atoms with Gasteiger partial charge in [0.05, 0.1) is 5.57 Å². The normalized spacial score (nSPS) is 17.0. The third kappa shape index (κ3) is 3.36. The molecule has 166 valence electrons. The second-order valence-corrected chi connectivity index (χ2v) is 9.28. The molecule has 0 fully saturated rings. The maximum absolute atomic E-state index is 12.8. The molecule has 0 spiro atoms. The van der Waals surface area contributed by atoms with Crippen LogP contribution in [0.2, 0.25) is 0 Å². The summed E-state index contributed by atoms with van der Waals surface area (Å²) in [6.07, 6.45) is 4.57. The molecule has 6 rings (SSSR count). The summed E-state index contributed by atoms with van der Waals surface area (Å²) in [4.78, 5) is 17.0. The number of amides is 1. The van der Waals surface area contributed by atoms with E-state index in [9.17, 15) is 4.79 Å². The molecule has 0 unspecified atom stereocenters. The number of thioether (sulfide) groups is 1. The maximum Gasteiger partial charge on any atom is 0.283 e. The SMILES string of the molecule is CCC1=NN2C(=N)/C(=C\c3cn(Cc4cccc5ccccc45)c4ccccc34)C(=O)N=C2S1. The first kappa shape index (κ1) is 20.6. The molecule has 6 nitrogen and oxygen atoms in total. The lowest BCUT2D eigenvalue weighted by molar-refractivity contribution is -0.114. The third-order valence-electron chi connectivity index (χ3n) is 6.14. The molecule has 0 saturated carbocycles. The number of aromatic nitrogens is 1. The predicted molar refractivity (Wildman–Crippen MR) is 140 cm³/mol. The number of nitrogens with one attached hydrogen (secondary N) is 1. The van der Waals surface area contributed by atoms with E-state index in [1.165, 1.54) is 33.1 Å². The number of hydrazone groups is 1. The zero-order chi connectivity index (χ0) is 23.2. The summed E-state index contributed by atoms with van der Waals surface area (Å²) in [7, 11) is 0. The lowest BCUT2D eigenvalue weighted by Gasteiger charge is -2.20. The van der Waals surface area contributed by atoms with E-state index in [2.05, 4.69) is 69.4 Å². The second-order valence-electron chi connectivity index (χ2n) is 8.24. The highest BCUT2D eigenvalue weighted by Crippen LogP contribution is 2.31. The number of nitrogens with zero attached hydrogens (tertiary/aromatic N) is 4. The Hall–Kier alpha value is -3.97. The molecule has 0 saturated heterocycles. The monoisotopic (exact) mass is 463 g/mol. The summed E-state index contributed by atoms with van der Waals surface area (Å²) >= 11 is 1.35. The van der Waals surface area contributed by atoms with Gasteiger partial charge >= 0.3 is 0 Å². The summed E-state index contributed by atoms with van der Waals surface area (Å²) in [6.45, 7) is 2.70. The van der Waals surface area contributed by atoms with E-state index in [1.807, 2.05) is 25.1 Å². The number of carbonyl (C=O) groups excluding carboxylic acids is 1. The number of para-hydroxylation sites is 1. The van der Waals surface area contributed by atoms with Gasteiger partial charge < -0.3 is 4.57 Å². The lowest BCUT2D eigenvalue weighted by Crippen LogP contribution is -2.35. The highest BCUT2D eigenvalue weighted by molar-refractivity contribution is 8.26. The molecule has 0 atom stereocenters. The lowest BCUT2D eigenvalue weighted by atomic mass is 10.0. The topological polar surface area (TPSA) is 73.8 Å². The minimum absolute atomic E-state index is 0.0665. The van der Waals surface area contributed by atoms with E-state index in [4.69, 9.17) is 5.41 Å². The van der Waals surface area contributed by atoms with Gasteiger partial charge in [-0.15, -0.1) is 0 Å². The summed E-state index contributed by atoms with van der Waals surface area (Å²) in [5, 5.41) is 19.3. The Balaban J connectivity index is 1.43. The summed E-state index contributed by atoms with van der Waals surface area (Å²) in [6, 6.07) is 22.9. The van der Waals surface area contributed by atoms with E-state index in [0.29, 0.717) is 11.7 Å². The Labute approximate surface area is 200 Å². The highest BCUT2D eigenvalue weighted by Gasteiger charge is 2.35. The minimum atomic E-state index is -0.401. The van der Waals surface area contributed by atoms with Crippen LogP contribution in [0.5, 0.6) is 0 Å². The first-order chi connectivity index (χ1) is 16.6. The molecule has 2 aliphatic heterocycles. The first-order valence-corrected chi connectivity index (χ1v) is 12.0. The van der Waals surface area contributed by atoms with Crippen molar-refractivity contribution in [1.29, 1.82) is 5.41 Å². The molecule has 0 aliphatic carbocycles. The molecular weight excluding hydrogens is 442 g/mol. The molecule has 3 aromatic carbocycles. The number of hydrogen-bond acceptors (Lipinski definition) is 4. The Morgan fingerprint density at radius 2 is 1.76 bits per heavy atom. The number of amidine groups is 2. The summed E-state index contributed by atoms with van der Waals surface area (Å²) in [5.41, 5.74) is 3.43. The van der Waals surface area contributed by atoms with Gasteiger partial charge in [-0.05, 0) is 46.7 Å². The number of fused-ring (bicyclic) bond motifs is 3. The van der Waals surface area contributed by atoms with Crippen molar-refractivity contribution in [1.82, 2.24) is 9.58 Å². The molecule has 1 N–H and O–H groups in total. The van der Waals surface area contributed by atoms with Crippen LogP contribution in [-0.4, -0.2) is 31.5 Å². The van der Waals surface area contributed by atoms with E-state index in [1.54, 1.807) is 6.08 Å². The van der Waals surface area contributed by atoms with Crippen LogP contribution in [0.3, 0.4) is 0 Å². The number of aliphatic imine (C=N–C) groups is 1. The molecule has 1 aromatic heterocycles. The summed E-state index contributed by atoms with van der Waals surface area (Å²) in [5.74, 6) is -0.334. The quantitative estimate of drug-likeness (QED) is 0.385. The molecule has 7 heteroatoms. The van der Waals surface area contributed by atoms with Gasteiger partial charge in [0.1, 0.15) is 5.04 Å². The average molecular weight is 464 g/mol. The highest BCUT2D eigenvalue weighted by atomic mass is 32.2. The van der Waals surface area contributed by atoms with Crippen LogP contribution < -0.4 is 0 Å². The van der Waals surface area contributed by atoms with Crippen molar-refractivity contribution in [2.24, 2.45) is 10.1 Å². The zero-order valence-corrected chi connectivity index (χ0v) is 19.3. The fourth-order valence-electron chi connectivity index (χ4n) is 4.47. The Morgan fingerprint density at radius 3 is 2.62 bits per heavy atom. The van der Waals surface area contributed by atoms with Crippen molar-refractivity contribution in [3.8, 4) is 0 Å². The fraction of sp³-hybridized carbons (Fsp3) is 0.111. The standard InChI is InChI=1S/C27H21N5OS/c1-2-24-30-32-25(28)22(26(33)29-27(32)34-24)14-19-16-31(23-13-6-5-12-21(19)23)15-18-10-7-9-17-8-3-4-11-20(17)18/h3-14,16,28H,2,15H2,1H3/b22-14+,28-25?. The van der Waals surface area contributed by atoms with Crippen LogP contribution in [0, 0.1) is 5.41 Å². The van der Waals surface area contributed by atoms with Gasteiger partial charge in [-0.25, -0.2) is 0 Å². The molecule has 1 amide bonds. The van der Waals surface area contributed by atoms with Crippen molar-refractivity contribution in [2.45, 2.75) is 19.9 Å². The number of rotatable bonds is 4. The van der Waals surface area contributed by atoms with E-state index >= 15 is 0 Å². The van der Waals surface area contributed by atoms with E-state index in [0.717, 1.165) is 27.9 Å². The van der Waals surface area contributed by atoms with Gasteiger partial charge in [0.25, 0.3) is 5.91 Å². The minimum Gasteiger partial charge on any atom is -0.342 e. The van der Waals surface area contributed by atoms with Crippen LogP contribution in [0.1, 0.15) is 24.5 Å². The largest absolute Gasteiger partial charge is 0.342 e. The Morgan fingerprint density at radius 1 is 1.00 bits per heavy atom. The third-order valence-corrected chi connectivity index (χ3v) is 7.19. The number of benzene rings is 3. The number of hydrogen-bond donors (Lipinski definition) is 1. The molecule has 3 heterocycles. The molecular formula is C27H21N5OS. The molecule has 34 heavy (non-hydrogen) atoms. The van der Waals surface area contributed by atoms with Crippen molar-refractivity contribution < 1.29 is 4.79 Å². The van der Waals surface area contributed by atoms with Crippen molar-refractivity contribution in [3.63, 3.8) is 0 Å². The van der Waals surface area contributed by atoms with Crippen molar-refractivity contribution in [3.05, 3.63) is 89.6 Å². The van der Waals surface area contributed by atoms with Gasteiger partial charge in [0, 0.05) is 29.2 Å². The van der Waals surface area contributed by atoms with Crippen LogP contribution in [0.15, 0.2) is 88.6 Å². The van der Waals surface area contributed by atoms with E-state index in [-0.39, 0.29) is 11.4 Å². The molecule has 4 aromatic rings. The Kier molecular flexibility index (Phi) is 4.92. The van der Waals surface area contributed by atoms with Crippen molar-refractivity contribution >= 4 is 61.5 Å². The first-order valence-electron chi connectivity index (χ1n) is 11.2. The van der Waals surface area contributed by atoms with Crippen LogP contribution >= 0.6 is 11.8 Å². The van der Waals surface area contributed by atoms with Gasteiger partial charge in [-0.2, -0.15) is 15.1 Å². The van der Waals surface area contributed by atoms with Crippen molar-refractivity contribution in [2.75, 3.05) is 0 Å². The predicted octanol–water partition coefficient (Wildman–Crippen LogP) is 5.87. The zero-order valence-electron chi connectivity index (χ0n) is 18.5. The second kappa shape index (κ2) is 8.11. The smallest absolute Gasteiger partial charge is 0.283 e. The molecule has 2 aliphatic rings. The molecule has 0 bridgehead atoms. The fourth-order valence-corrected chi connectivity index (χ4v) is 5.29. The van der Waals surface area contributed by atoms with Crippen LogP contribution in [-0.2, 0) is 11.3 Å². The molecule has 0 radical (unpaired) electrons. The van der Waals surface area contributed by atoms with Crippen LogP contribution in [0.4, 0.5) is 0 Å². The van der Waals surface area contributed by atoms with Crippen LogP contribution in [0.25, 0.3) is 27.8 Å².